The average molecular weight is 243 g/mol. The van der Waals surface area contributed by atoms with Gasteiger partial charge in [-0.25, -0.2) is 0 Å². The maximum absolute atomic E-state index is 8.65. The van der Waals surface area contributed by atoms with Gasteiger partial charge in [0.05, 0.1) is 12.5 Å². The molecule has 3 nitrogen and oxygen atoms in total. The third-order valence-electron chi connectivity index (χ3n) is 3.63. The van der Waals surface area contributed by atoms with Crippen LogP contribution in [0, 0.1) is 11.3 Å². The van der Waals surface area contributed by atoms with Gasteiger partial charge in [-0.2, -0.15) is 5.26 Å². The second-order valence-corrected chi connectivity index (χ2v) is 5.12. The first-order chi connectivity index (χ1) is 8.70. The molecule has 1 aliphatic rings. The van der Waals surface area contributed by atoms with Crippen LogP contribution in [-0.2, 0) is 6.42 Å². The summed E-state index contributed by atoms with van der Waals surface area (Å²) in [6.07, 6.45) is 0.501. The van der Waals surface area contributed by atoms with Crippen LogP contribution < -0.4 is 4.90 Å². The van der Waals surface area contributed by atoms with Gasteiger partial charge < -0.3 is 4.90 Å². The monoisotopic (exact) mass is 243 g/mol. The molecule has 0 amide bonds. The molecule has 1 aromatic rings. The summed E-state index contributed by atoms with van der Waals surface area (Å²) in [7, 11) is 0. The van der Waals surface area contributed by atoms with E-state index in [0.717, 1.165) is 31.7 Å². The second-order valence-electron chi connectivity index (χ2n) is 5.12. The Morgan fingerprint density at radius 2 is 1.72 bits per heavy atom. The summed E-state index contributed by atoms with van der Waals surface area (Å²) in [5.74, 6) is 0. The van der Waals surface area contributed by atoms with Crippen LogP contribution in [0.2, 0.25) is 0 Å². The molecule has 1 fully saturated rings. The van der Waals surface area contributed by atoms with Crippen molar-refractivity contribution in [1.82, 2.24) is 4.90 Å². The molecule has 2 rings (SSSR count). The number of piperazine rings is 1. The van der Waals surface area contributed by atoms with Gasteiger partial charge in [0, 0.05) is 37.9 Å². The molecule has 1 aliphatic heterocycles. The highest BCUT2D eigenvalue weighted by atomic mass is 15.3. The molecule has 0 atom stereocenters. The Bertz CT molecular complexity index is 408. The minimum absolute atomic E-state index is 0.501. The van der Waals surface area contributed by atoms with E-state index in [1.54, 1.807) is 0 Å². The summed E-state index contributed by atoms with van der Waals surface area (Å²) >= 11 is 0. The highest BCUT2D eigenvalue weighted by molar-refractivity contribution is 5.48. The normalized spacial score (nSPS) is 16.9. The van der Waals surface area contributed by atoms with Crippen molar-refractivity contribution in [1.29, 1.82) is 5.26 Å². The predicted octanol–water partition coefficient (Wildman–Crippen LogP) is 2.28. The summed E-state index contributed by atoms with van der Waals surface area (Å²) in [4.78, 5) is 4.94. The zero-order valence-electron chi connectivity index (χ0n) is 11.3. The lowest BCUT2D eigenvalue weighted by atomic mass is 10.1. The first kappa shape index (κ1) is 12.9. The molecule has 0 aliphatic carbocycles. The van der Waals surface area contributed by atoms with Crippen LogP contribution in [0.4, 0.5) is 5.69 Å². The Balaban J connectivity index is 1.95. The second kappa shape index (κ2) is 5.88. The van der Waals surface area contributed by atoms with Gasteiger partial charge >= 0.3 is 0 Å². The van der Waals surface area contributed by atoms with Crippen molar-refractivity contribution in [2.45, 2.75) is 26.3 Å². The van der Waals surface area contributed by atoms with Crippen molar-refractivity contribution in [2.24, 2.45) is 0 Å². The molecule has 0 saturated carbocycles. The lowest BCUT2D eigenvalue weighted by Gasteiger charge is -2.38. The SMILES string of the molecule is CC(C)N1CCN(c2ccc(CC#N)cc2)CC1. The van der Waals surface area contributed by atoms with E-state index in [1.165, 1.54) is 5.69 Å². The summed E-state index contributed by atoms with van der Waals surface area (Å²) in [5.41, 5.74) is 2.38. The molecule has 18 heavy (non-hydrogen) atoms. The first-order valence-corrected chi connectivity index (χ1v) is 6.65. The molecule has 0 spiro atoms. The highest BCUT2D eigenvalue weighted by Gasteiger charge is 2.18. The van der Waals surface area contributed by atoms with E-state index in [1.807, 2.05) is 0 Å². The third-order valence-corrected chi connectivity index (χ3v) is 3.63. The number of rotatable bonds is 3. The van der Waals surface area contributed by atoms with E-state index in [4.69, 9.17) is 5.26 Å². The van der Waals surface area contributed by atoms with Gasteiger partial charge in [-0.15, -0.1) is 0 Å². The molecule has 0 radical (unpaired) electrons. The van der Waals surface area contributed by atoms with Crippen molar-refractivity contribution in [2.75, 3.05) is 31.1 Å². The lowest BCUT2D eigenvalue weighted by Crippen LogP contribution is -2.48. The van der Waals surface area contributed by atoms with Crippen LogP contribution in [0.15, 0.2) is 24.3 Å². The molecule has 3 heteroatoms. The number of nitrogens with zero attached hydrogens (tertiary/aromatic N) is 3. The third kappa shape index (κ3) is 3.02. The van der Waals surface area contributed by atoms with Crippen molar-refractivity contribution in [3.63, 3.8) is 0 Å². The minimum atomic E-state index is 0.501. The first-order valence-electron chi connectivity index (χ1n) is 6.65. The van der Waals surface area contributed by atoms with Crippen LogP contribution >= 0.6 is 0 Å². The highest BCUT2D eigenvalue weighted by Crippen LogP contribution is 2.18. The molecule has 96 valence electrons. The summed E-state index contributed by atoms with van der Waals surface area (Å²) in [6, 6.07) is 11.2. The summed E-state index contributed by atoms with van der Waals surface area (Å²) < 4.78 is 0. The van der Waals surface area contributed by atoms with Crippen LogP contribution in [0.5, 0.6) is 0 Å². The molecule has 1 aromatic carbocycles. The predicted molar refractivity (Wildman–Crippen MR) is 74.7 cm³/mol. The van der Waals surface area contributed by atoms with Crippen molar-refractivity contribution >= 4 is 5.69 Å². The largest absolute Gasteiger partial charge is 0.369 e. The number of nitriles is 1. The van der Waals surface area contributed by atoms with Crippen LogP contribution in [-0.4, -0.2) is 37.1 Å². The number of hydrogen-bond acceptors (Lipinski definition) is 3. The van der Waals surface area contributed by atoms with Crippen LogP contribution in [0.1, 0.15) is 19.4 Å². The minimum Gasteiger partial charge on any atom is -0.369 e. The fourth-order valence-electron chi connectivity index (χ4n) is 2.41. The average Bonchev–Trinajstić information content (AvgIpc) is 2.40. The maximum Gasteiger partial charge on any atom is 0.0669 e. The molecular formula is C15H21N3. The zero-order valence-corrected chi connectivity index (χ0v) is 11.3. The molecular weight excluding hydrogens is 222 g/mol. The van der Waals surface area contributed by atoms with Crippen molar-refractivity contribution in [3.8, 4) is 6.07 Å². The molecule has 0 bridgehead atoms. The Morgan fingerprint density at radius 3 is 2.22 bits per heavy atom. The fourth-order valence-corrected chi connectivity index (χ4v) is 2.41. The maximum atomic E-state index is 8.65. The van der Waals surface area contributed by atoms with Gasteiger partial charge in [0.15, 0.2) is 0 Å². The number of hydrogen-bond donors (Lipinski definition) is 0. The Hall–Kier alpha value is -1.53. The van der Waals surface area contributed by atoms with Crippen LogP contribution in [0.25, 0.3) is 0 Å². The zero-order chi connectivity index (χ0) is 13.0. The molecule has 0 aromatic heterocycles. The molecule has 0 unspecified atom stereocenters. The number of benzene rings is 1. The molecule has 0 N–H and O–H groups in total. The van der Waals surface area contributed by atoms with Crippen molar-refractivity contribution in [3.05, 3.63) is 29.8 Å². The topological polar surface area (TPSA) is 30.3 Å². The van der Waals surface area contributed by atoms with Crippen LogP contribution in [0.3, 0.4) is 0 Å². The smallest absolute Gasteiger partial charge is 0.0669 e. The number of anilines is 1. The van der Waals surface area contributed by atoms with Gasteiger partial charge in [0.1, 0.15) is 0 Å². The summed E-state index contributed by atoms with van der Waals surface area (Å²) in [5, 5.41) is 8.65. The quantitative estimate of drug-likeness (QED) is 0.816. The standard InChI is InChI=1S/C15H21N3/c1-13(2)17-9-11-18(12-10-17)15-5-3-14(4-6-15)7-8-16/h3-6,13H,7,9-12H2,1-2H3. The Kier molecular flexibility index (Phi) is 4.22. The molecule has 1 heterocycles. The van der Waals surface area contributed by atoms with E-state index in [-0.39, 0.29) is 0 Å². The Labute approximate surface area is 110 Å². The van der Waals surface area contributed by atoms with Gasteiger partial charge in [0.25, 0.3) is 0 Å². The van der Waals surface area contributed by atoms with E-state index < -0.39 is 0 Å². The van der Waals surface area contributed by atoms with Gasteiger partial charge in [0.2, 0.25) is 0 Å². The van der Waals surface area contributed by atoms with Gasteiger partial charge in [-0.3, -0.25) is 4.90 Å². The van der Waals surface area contributed by atoms with Gasteiger partial charge in [-0.05, 0) is 31.5 Å². The van der Waals surface area contributed by atoms with E-state index in [0.29, 0.717) is 12.5 Å². The lowest BCUT2D eigenvalue weighted by molar-refractivity contribution is 0.209. The van der Waals surface area contributed by atoms with E-state index in [2.05, 4.69) is 54.0 Å². The Morgan fingerprint density at radius 1 is 1.11 bits per heavy atom. The van der Waals surface area contributed by atoms with Gasteiger partial charge in [-0.1, -0.05) is 12.1 Å². The molecule has 1 saturated heterocycles. The fraction of sp³-hybridized carbons (Fsp3) is 0.533. The van der Waals surface area contributed by atoms with E-state index in [9.17, 15) is 0 Å². The van der Waals surface area contributed by atoms with E-state index >= 15 is 0 Å². The summed E-state index contributed by atoms with van der Waals surface area (Å²) in [6.45, 7) is 8.97. The van der Waals surface area contributed by atoms with Crippen molar-refractivity contribution < 1.29 is 0 Å².